The smallest absolute Gasteiger partial charge is 0.235 e. The highest BCUT2D eigenvalue weighted by Gasteiger charge is 2.48. The lowest BCUT2D eigenvalue weighted by Gasteiger charge is -2.21. The zero-order chi connectivity index (χ0) is 16.9. The highest BCUT2D eigenvalue weighted by molar-refractivity contribution is 6.06. The van der Waals surface area contributed by atoms with Crippen LogP contribution in [0.2, 0.25) is 0 Å². The molecule has 1 aliphatic carbocycles. The minimum Gasteiger partial charge on any atom is -0.457 e. The minimum absolute atomic E-state index is 0.145. The van der Waals surface area contributed by atoms with Crippen molar-refractivity contribution in [3.8, 4) is 11.5 Å². The maximum Gasteiger partial charge on any atom is 0.235 e. The molecule has 1 spiro atoms. The maximum absolute atomic E-state index is 12.5. The van der Waals surface area contributed by atoms with Crippen molar-refractivity contribution in [3.63, 3.8) is 0 Å². The first-order chi connectivity index (χ1) is 11.5. The van der Waals surface area contributed by atoms with E-state index in [9.17, 15) is 4.79 Å². The van der Waals surface area contributed by atoms with Crippen molar-refractivity contribution < 1.29 is 9.53 Å². The Balaban J connectivity index is 1.73. The third kappa shape index (κ3) is 2.17. The Labute approximate surface area is 142 Å². The summed E-state index contributed by atoms with van der Waals surface area (Å²) in [5, 5.41) is 3.04. The number of aryl methyl sites for hydroxylation is 2. The van der Waals surface area contributed by atoms with Gasteiger partial charge in [0.1, 0.15) is 11.5 Å². The zero-order valence-electron chi connectivity index (χ0n) is 14.1. The summed E-state index contributed by atoms with van der Waals surface area (Å²) in [7, 11) is 0. The molecule has 1 aliphatic heterocycles. The van der Waals surface area contributed by atoms with E-state index in [4.69, 9.17) is 10.5 Å². The van der Waals surface area contributed by atoms with Gasteiger partial charge in [-0.15, -0.1) is 0 Å². The van der Waals surface area contributed by atoms with Gasteiger partial charge in [-0.25, -0.2) is 0 Å². The van der Waals surface area contributed by atoms with Crippen LogP contribution in [0.15, 0.2) is 30.3 Å². The van der Waals surface area contributed by atoms with E-state index in [-0.39, 0.29) is 11.3 Å². The fraction of sp³-hybridized carbons (Fsp3) is 0.350. The lowest BCUT2D eigenvalue weighted by atomic mass is 9.80. The Morgan fingerprint density at radius 1 is 1.08 bits per heavy atom. The maximum atomic E-state index is 12.5. The Morgan fingerprint density at radius 3 is 2.42 bits per heavy atom. The summed E-state index contributed by atoms with van der Waals surface area (Å²) in [6.07, 6.45) is 4.06. The van der Waals surface area contributed by atoms with Crippen molar-refractivity contribution in [2.24, 2.45) is 0 Å². The van der Waals surface area contributed by atoms with Crippen molar-refractivity contribution in [2.45, 2.75) is 44.9 Å². The fourth-order valence-electron chi connectivity index (χ4n) is 4.19. The molecule has 0 radical (unpaired) electrons. The molecule has 3 N–H and O–H groups in total. The number of fused-ring (bicyclic) bond motifs is 2. The van der Waals surface area contributed by atoms with Gasteiger partial charge in [-0.2, -0.15) is 0 Å². The molecule has 0 saturated heterocycles. The van der Waals surface area contributed by atoms with Gasteiger partial charge in [-0.3, -0.25) is 4.79 Å². The first-order valence-corrected chi connectivity index (χ1v) is 8.50. The highest BCUT2D eigenvalue weighted by Crippen LogP contribution is 2.50. The molecule has 4 rings (SSSR count). The van der Waals surface area contributed by atoms with Gasteiger partial charge in [-0.05, 0) is 73.7 Å². The normalized spacial score (nSPS) is 17.8. The Kier molecular flexibility index (Phi) is 3.30. The predicted molar refractivity (Wildman–Crippen MR) is 95.6 cm³/mol. The quantitative estimate of drug-likeness (QED) is 0.803. The van der Waals surface area contributed by atoms with E-state index in [1.807, 2.05) is 44.2 Å². The van der Waals surface area contributed by atoms with E-state index >= 15 is 0 Å². The van der Waals surface area contributed by atoms with Crippen molar-refractivity contribution in [3.05, 3.63) is 47.0 Å². The molecule has 0 unspecified atom stereocenters. The molecular formula is C20H22N2O2. The van der Waals surface area contributed by atoms with E-state index < -0.39 is 0 Å². The first kappa shape index (κ1) is 15.1. The molecule has 0 bridgehead atoms. The second-order valence-corrected chi connectivity index (χ2v) is 7.04. The standard InChI is InChI=1S/C20H22N2O2/c1-12-9-14(21)10-13(2)18(12)24-15-5-6-17-16(11-15)20(19(23)22-17)7-3-4-8-20/h5-6,9-11H,3-4,7-8,21H2,1-2H3,(H,22,23). The molecule has 124 valence electrons. The number of nitrogens with one attached hydrogen (secondary N) is 1. The molecule has 1 saturated carbocycles. The Morgan fingerprint density at radius 2 is 1.75 bits per heavy atom. The Bertz CT molecular complexity index is 813. The molecule has 1 amide bonds. The largest absolute Gasteiger partial charge is 0.457 e. The number of carbonyl (C=O) groups excluding carboxylic acids is 1. The molecule has 4 heteroatoms. The van der Waals surface area contributed by atoms with E-state index in [0.717, 1.165) is 65.2 Å². The van der Waals surface area contributed by atoms with Crippen LogP contribution in [0.4, 0.5) is 11.4 Å². The number of benzene rings is 2. The van der Waals surface area contributed by atoms with Crippen molar-refractivity contribution in [1.82, 2.24) is 0 Å². The minimum atomic E-state index is -0.347. The van der Waals surface area contributed by atoms with Crippen LogP contribution in [0, 0.1) is 13.8 Å². The molecule has 1 fully saturated rings. The van der Waals surface area contributed by atoms with Gasteiger partial charge in [0.05, 0.1) is 5.41 Å². The van der Waals surface area contributed by atoms with Crippen molar-refractivity contribution >= 4 is 17.3 Å². The Hall–Kier alpha value is -2.49. The molecule has 1 heterocycles. The van der Waals surface area contributed by atoms with Crippen LogP contribution in [0.5, 0.6) is 11.5 Å². The number of nitrogen functional groups attached to an aromatic ring is 1. The molecule has 2 aromatic carbocycles. The predicted octanol–water partition coefficient (Wildman–Crippen LogP) is 4.44. The first-order valence-electron chi connectivity index (χ1n) is 8.50. The summed E-state index contributed by atoms with van der Waals surface area (Å²) < 4.78 is 6.16. The van der Waals surface area contributed by atoms with Gasteiger partial charge in [0, 0.05) is 11.4 Å². The van der Waals surface area contributed by atoms with E-state index in [2.05, 4.69) is 5.32 Å². The topological polar surface area (TPSA) is 64.3 Å². The number of hydrogen-bond donors (Lipinski definition) is 2. The summed E-state index contributed by atoms with van der Waals surface area (Å²) in [5.41, 5.74) is 10.3. The van der Waals surface area contributed by atoms with Crippen LogP contribution in [-0.4, -0.2) is 5.91 Å². The summed E-state index contributed by atoms with van der Waals surface area (Å²) in [5.74, 6) is 1.75. The van der Waals surface area contributed by atoms with Crippen LogP contribution in [0.3, 0.4) is 0 Å². The third-order valence-electron chi connectivity index (χ3n) is 5.35. The number of amides is 1. The van der Waals surface area contributed by atoms with Crippen LogP contribution in [-0.2, 0) is 10.2 Å². The average molecular weight is 322 g/mol. The summed E-state index contributed by atoms with van der Waals surface area (Å²) in [6, 6.07) is 9.74. The van der Waals surface area contributed by atoms with Crippen molar-refractivity contribution in [1.29, 1.82) is 0 Å². The molecule has 2 aliphatic rings. The third-order valence-corrected chi connectivity index (χ3v) is 5.35. The van der Waals surface area contributed by atoms with E-state index in [1.54, 1.807) is 0 Å². The lowest BCUT2D eigenvalue weighted by molar-refractivity contribution is -0.120. The molecule has 0 atom stereocenters. The second-order valence-electron chi connectivity index (χ2n) is 7.04. The van der Waals surface area contributed by atoms with Crippen molar-refractivity contribution in [2.75, 3.05) is 11.1 Å². The van der Waals surface area contributed by atoms with Gasteiger partial charge < -0.3 is 15.8 Å². The van der Waals surface area contributed by atoms with Gasteiger partial charge >= 0.3 is 0 Å². The number of carbonyl (C=O) groups is 1. The zero-order valence-corrected chi connectivity index (χ0v) is 14.1. The number of nitrogens with two attached hydrogens (primary N) is 1. The summed E-state index contributed by atoms with van der Waals surface area (Å²) in [6.45, 7) is 3.99. The number of hydrogen-bond acceptors (Lipinski definition) is 3. The number of anilines is 2. The lowest BCUT2D eigenvalue weighted by Crippen LogP contribution is -2.30. The average Bonchev–Trinajstić information content (AvgIpc) is 3.11. The second kappa shape index (κ2) is 5.26. The molecular weight excluding hydrogens is 300 g/mol. The van der Waals surface area contributed by atoms with Gasteiger partial charge in [0.2, 0.25) is 5.91 Å². The van der Waals surface area contributed by atoms with Crippen LogP contribution >= 0.6 is 0 Å². The number of rotatable bonds is 2. The van der Waals surface area contributed by atoms with Gasteiger partial charge in [0.25, 0.3) is 0 Å². The van der Waals surface area contributed by atoms with E-state index in [0.29, 0.717) is 0 Å². The summed E-state index contributed by atoms with van der Waals surface area (Å²) in [4.78, 5) is 12.5. The fourth-order valence-corrected chi connectivity index (χ4v) is 4.19. The molecule has 2 aromatic rings. The van der Waals surface area contributed by atoms with E-state index in [1.165, 1.54) is 0 Å². The molecule has 4 nitrogen and oxygen atoms in total. The SMILES string of the molecule is Cc1cc(N)cc(C)c1Oc1ccc2c(c1)C1(CCCC1)C(=O)N2. The monoisotopic (exact) mass is 322 g/mol. The number of ether oxygens (including phenoxy) is 1. The molecule has 24 heavy (non-hydrogen) atoms. The van der Waals surface area contributed by atoms with Crippen LogP contribution < -0.4 is 15.8 Å². The van der Waals surface area contributed by atoms with Crippen LogP contribution in [0.1, 0.15) is 42.4 Å². The van der Waals surface area contributed by atoms with Crippen LogP contribution in [0.25, 0.3) is 0 Å². The highest BCUT2D eigenvalue weighted by atomic mass is 16.5. The van der Waals surface area contributed by atoms with Gasteiger partial charge in [-0.1, -0.05) is 12.8 Å². The summed E-state index contributed by atoms with van der Waals surface area (Å²) >= 11 is 0. The van der Waals surface area contributed by atoms with Gasteiger partial charge in [0.15, 0.2) is 0 Å². The molecule has 0 aromatic heterocycles.